The number of rotatable bonds is 2. The molecule has 0 aromatic carbocycles. The molecule has 0 aliphatic rings. The van der Waals surface area contributed by atoms with E-state index in [1.54, 1.807) is 6.08 Å². The van der Waals surface area contributed by atoms with Crippen molar-refractivity contribution in [2.75, 3.05) is 0 Å². The fourth-order valence-corrected chi connectivity index (χ4v) is 0.445. The van der Waals surface area contributed by atoms with Gasteiger partial charge in [-0.1, -0.05) is 36.7 Å². The van der Waals surface area contributed by atoms with Crippen LogP contribution in [0.4, 0.5) is 0 Å². The van der Waals surface area contributed by atoms with Crippen LogP contribution in [0.25, 0.3) is 0 Å². The van der Waals surface area contributed by atoms with Gasteiger partial charge in [-0.15, -0.1) is 5.47 Å². The molecule has 10 heavy (non-hydrogen) atoms. The van der Waals surface area contributed by atoms with Crippen molar-refractivity contribution in [1.29, 1.82) is 0 Å². The summed E-state index contributed by atoms with van der Waals surface area (Å²) < 4.78 is 0. The van der Waals surface area contributed by atoms with E-state index in [1.165, 1.54) is 10.9 Å². The molecular formula is C7H11B2Cl. The van der Waals surface area contributed by atoms with Crippen LogP contribution in [0.2, 0.25) is 0 Å². The summed E-state index contributed by atoms with van der Waals surface area (Å²) in [4.78, 5) is 0. The minimum atomic E-state index is 0.570. The van der Waals surface area contributed by atoms with Gasteiger partial charge in [0.15, 0.2) is 0 Å². The van der Waals surface area contributed by atoms with Crippen molar-refractivity contribution in [2.24, 2.45) is 0 Å². The topological polar surface area (TPSA) is 0 Å². The molecule has 0 bridgehead atoms. The number of halogens is 1. The Morgan fingerprint density at radius 2 is 1.90 bits per heavy atom. The Balaban J connectivity index is 4.16. The summed E-state index contributed by atoms with van der Waals surface area (Å²) in [5.41, 5.74) is 2.54. The summed E-state index contributed by atoms with van der Waals surface area (Å²) in [7, 11) is 4.11. The number of hydrogen-bond acceptors (Lipinski definition) is 0. The lowest BCUT2D eigenvalue weighted by atomic mass is 9.81. The summed E-state index contributed by atoms with van der Waals surface area (Å²) in [6.07, 6.45) is 3.76. The largest absolute Gasteiger partial charge is 0.138 e. The van der Waals surface area contributed by atoms with Crippen molar-refractivity contribution in [3.63, 3.8) is 0 Å². The standard InChI is InChI=1S/C7H11B2Cl/c1-5(10)3-4-7(9)6(2)8/h3-4H,1,8-9H2,2H3/b4-3-,7-6+. The van der Waals surface area contributed by atoms with Crippen molar-refractivity contribution in [2.45, 2.75) is 6.92 Å². The van der Waals surface area contributed by atoms with Gasteiger partial charge in [0.25, 0.3) is 0 Å². The normalized spacial score (nSPS) is 13.4. The van der Waals surface area contributed by atoms with Gasteiger partial charge in [-0.2, -0.15) is 0 Å². The Bertz CT molecular complexity index is 188. The van der Waals surface area contributed by atoms with E-state index in [0.29, 0.717) is 5.03 Å². The zero-order valence-corrected chi connectivity index (χ0v) is 7.50. The molecule has 0 aliphatic carbocycles. The smallest absolute Gasteiger partial charge is 0.119 e. The summed E-state index contributed by atoms with van der Waals surface area (Å²) in [5.74, 6) is 0. The molecule has 0 aromatic rings. The minimum Gasteiger partial charge on any atom is -0.119 e. The van der Waals surface area contributed by atoms with Gasteiger partial charge in [0, 0.05) is 5.03 Å². The third kappa shape index (κ3) is 4.51. The van der Waals surface area contributed by atoms with Crippen molar-refractivity contribution in [3.05, 3.63) is 34.7 Å². The molecule has 0 N–H and O–H groups in total. The van der Waals surface area contributed by atoms with Crippen LogP contribution in [0.5, 0.6) is 0 Å². The molecule has 0 heterocycles. The fraction of sp³-hybridized carbons (Fsp3) is 0.143. The molecule has 0 unspecified atom stereocenters. The minimum absolute atomic E-state index is 0.570. The molecule has 0 saturated carbocycles. The van der Waals surface area contributed by atoms with E-state index in [2.05, 4.69) is 21.3 Å². The molecule has 0 atom stereocenters. The molecule has 0 radical (unpaired) electrons. The molecular weight excluding hydrogens is 141 g/mol. The van der Waals surface area contributed by atoms with E-state index in [9.17, 15) is 0 Å². The predicted molar refractivity (Wildman–Crippen MR) is 53.9 cm³/mol. The zero-order chi connectivity index (χ0) is 8.15. The second-order valence-electron chi connectivity index (χ2n) is 2.46. The second-order valence-corrected chi connectivity index (χ2v) is 2.95. The van der Waals surface area contributed by atoms with Crippen LogP contribution in [-0.4, -0.2) is 15.7 Å². The van der Waals surface area contributed by atoms with Crippen LogP contribution in [0.15, 0.2) is 34.7 Å². The third-order valence-corrected chi connectivity index (χ3v) is 1.43. The average Bonchev–Trinajstić information content (AvgIpc) is 1.82. The van der Waals surface area contributed by atoms with Crippen LogP contribution >= 0.6 is 11.6 Å². The van der Waals surface area contributed by atoms with Crippen LogP contribution in [-0.2, 0) is 0 Å². The molecule has 0 amide bonds. The lowest BCUT2D eigenvalue weighted by molar-refractivity contribution is 1.62. The lowest BCUT2D eigenvalue weighted by Gasteiger charge is -1.93. The highest BCUT2D eigenvalue weighted by Crippen LogP contribution is 2.02. The fourth-order valence-electron chi connectivity index (χ4n) is 0.382. The summed E-state index contributed by atoms with van der Waals surface area (Å²) in [6, 6.07) is 0. The molecule has 3 heteroatoms. The highest BCUT2D eigenvalue weighted by Gasteiger charge is 1.84. The van der Waals surface area contributed by atoms with Crippen molar-refractivity contribution < 1.29 is 0 Å². The summed E-state index contributed by atoms with van der Waals surface area (Å²) >= 11 is 5.52. The van der Waals surface area contributed by atoms with E-state index >= 15 is 0 Å². The Hall–Kier alpha value is -0.360. The molecule has 0 spiro atoms. The number of hydrogen-bond donors (Lipinski definition) is 0. The first-order valence-corrected chi connectivity index (χ1v) is 3.58. The Labute approximate surface area is 69.5 Å². The highest BCUT2D eigenvalue weighted by molar-refractivity contribution is 6.33. The van der Waals surface area contributed by atoms with Crippen LogP contribution < -0.4 is 0 Å². The Morgan fingerprint density at radius 1 is 1.40 bits per heavy atom. The molecule has 0 nitrogen and oxygen atoms in total. The lowest BCUT2D eigenvalue weighted by Crippen LogP contribution is -1.82. The maximum atomic E-state index is 5.52. The van der Waals surface area contributed by atoms with E-state index in [-0.39, 0.29) is 0 Å². The molecule has 0 saturated heterocycles. The molecule has 52 valence electrons. The van der Waals surface area contributed by atoms with E-state index < -0.39 is 0 Å². The maximum absolute atomic E-state index is 5.52. The predicted octanol–water partition coefficient (Wildman–Crippen LogP) is 0.793. The van der Waals surface area contributed by atoms with E-state index in [4.69, 9.17) is 11.6 Å². The van der Waals surface area contributed by atoms with Gasteiger partial charge in [0.1, 0.15) is 15.7 Å². The van der Waals surface area contributed by atoms with Crippen LogP contribution in [0, 0.1) is 0 Å². The van der Waals surface area contributed by atoms with E-state index in [0.717, 1.165) is 0 Å². The van der Waals surface area contributed by atoms with Gasteiger partial charge in [-0.25, -0.2) is 0 Å². The Morgan fingerprint density at radius 3 is 2.20 bits per heavy atom. The van der Waals surface area contributed by atoms with Gasteiger partial charge < -0.3 is 0 Å². The van der Waals surface area contributed by atoms with E-state index in [1.807, 2.05) is 13.9 Å². The van der Waals surface area contributed by atoms with Gasteiger partial charge in [0.2, 0.25) is 0 Å². The van der Waals surface area contributed by atoms with Gasteiger partial charge >= 0.3 is 0 Å². The average molecular weight is 152 g/mol. The molecule has 0 rings (SSSR count). The first kappa shape index (κ1) is 9.64. The van der Waals surface area contributed by atoms with Crippen LogP contribution in [0.3, 0.4) is 0 Å². The zero-order valence-electron chi connectivity index (χ0n) is 6.74. The van der Waals surface area contributed by atoms with Crippen molar-refractivity contribution in [3.8, 4) is 0 Å². The quantitative estimate of drug-likeness (QED) is 0.405. The first-order valence-electron chi connectivity index (χ1n) is 3.20. The summed E-state index contributed by atoms with van der Waals surface area (Å²) in [5, 5.41) is 0.570. The first-order chi connectivity index (χ1) is 4.54. The molecule has 0 aliphatic heterocycles. The van der Waals surface area contributed by atoms with Crippen molar-refractivity contribution in [1.82, 2.24) is 0 Å². The van der Waals surface area contributed by atoms with Crippen molar-refractivity contribution >= 4 is 27.3 Å². The summed E-state index contributed by atoms with van der Waals surface area (Å²) in [6.45, 7) is 5.61. The SMILES string of the molecule is B/C(C)=C(B)\C=C/C(=C)Cl. The molecule has 0 aromatic heterocycles. The van der Waals surface area contributed by atoms with Crippen LogP contribution in [0.1, 0.15) is 6.92 Å². The second kappa shape index (κ2) is 4.45. The number of allylic oxidation sites excluding steroid dienone is 5. The van der Waals surface area contributed by atoms with Gasteiger partial charge in [0.05, 0.1) is 0 Å². The molecule has 0 fully saturated rings. The monoisotopic (exact) mass is 152 g/mol. The highest BCUT2D eigenvalue weighted by atomic mass is 35.5. The van der Waals surface area contributed by atoms with Gasteiger partial charge in [-0.3, -0.25) is 0 Å². The Kier molecular flexibility index (Phi) is 4.29. The third-order valence-electron chi connectivity index (χ3n) is 1.30. The maximum Gasteiger partial charge on any atom is 0.138 e. The van der Waals surface area contributed by atoms with Gasteiger partial charge in [-0.05, 0) is 6.08 Å².